The van der Waals surface area contributed by atoms with Crippen LogP contribution in [0.3, 0.4) is 0 Å². The van der Waals surface area contributed by atoms with E-state index in [1.807, 2.05) is 0 Å². The van der Waals surface area contributed by atoms with Crippen molar-refractivity contribution in [3.63, 3.8) is 0 Å². The summed E-state index contributed by atoms with van der Waals surface area (Å²) in [4.78, 5) is 16.4. The van der Waals surface area contributed by atoms with Gasteiger partial charge < -0.3 is 10.4 Å². The lowest BCUT2D eigenvalue weighted by molar-refractivity contribution is 0.0919. The molecule has 0 spiro atoms. The van der Waals surface area contributed by atoms with Gasteiger partial charge in [-0.15, -0.1) is 11.3 Å². The smallest absolute Gasteiger partial charge is 0.263 e. The van der Waals surface area contributed by atoms with Gasteiger partial charge in [0.1, 0.15) is 4.88 Å². The third kappa shape index (κ3) is 3.30. The van der Waals surface area contributed by atoms with Crippen LogP contribution >= 0.6 is 34.5 Å². The maximum atomic E-state index is 11.9. The van der Waals surface area contributed by atoms with E-state index in [1.54, 1.807) is 30.6 Å². The Morgan fingerprint density at radius 1 is 1.45 bits per heavy atom. The third-order valence-electron chi connectivity index (χ3n) is 2.74. The molecule has 0 saturated heterocycles. The number of rotatable bonds is 4. The third-order valence-corrected chi connectivity index (χ3v) is 4.33. The highest BCUT2D eigenvalue weighted by Gasteiger charge is 2.18. The van der Waals surface area contributed by atoms with E-state index in [0.29, 0.717) is 26.2 Å². The second-order valence-corrected chi connectivity index (χ2v) is 5.80. The van der Waals surface area contributed by atoms with Crippen LogP contribution in [0.5, 0.6) is 0 Å². The van der Waals surface area contributed by atoms with Crippen molar-refractivity contribution in [2.45, 2.75) is 13.0 Å². The van der Waals surface area contributed by atoms with E-state index in [0.717, 1.165) is 0 Å². The molecule has 0 aliphatic heterocycles. The molecule has 1 amide bonds. The minimum Gasteiger partial charge on any atom is -0.386 e. The van der Waals surface area contributed by atoms with Gasteiger partial charge in [0.2, 0.25) is 0 Å². The molecule has 0 saturated carbocycles. The maximum absolute atomic E-state index is 11.9. The van der Waals surface area contributed by atoms with Crippen LogP contribution in [0.15, 0.2) is 23.7 Å². The number of amides is 1. The topological polar surface area (TPSA) is 62.2 Å². The summed E-state index contributed by atoms with van der Waals surface area (Å²) in [7, 11) is 0. The number of carbonyl (C=O) groups excluding carboxylic acids is 1. The van der Waals surface area contributed by atoms with Crippen LogP contribution in [0.2, 0.25) is 10.0 Å². The second kappa shape index (κ2) is 6.54. The van der Waals surface area contributed by atoms with E-state index < -0.39 is 6.10 Å². The predicted octanol–water partition coefficient (Wildman–Crippen LogP) is 3.22. The molecule has 2 aromatic rings. The van der Waals surface area contributed by atoms with Crippen molar-refractivity contribution < 1.29 is 9.90 Å². The SMILES string of the molecule is Cc1ncsc1C(=O)NCC(O)c1c(Cl)cccc1Cl. The van der Waals surface area contributed by atoms with Gasteiger partial charge >= 0.3 is 0 Å². The molecule has 0 radical (unpaired) electrons. The first-order valence-electron chi connectivity index (χ1n) is 5.81. The summed E-state index contributed by atoms with van der Waals surface area (Å²) in [6, 6.07) is 4.97. The molecule has 0 bridgehead atoms. The summed E-state index contributed by atoms with van der Waals surface area (Å²) in [5.74, 6) is -0.271. The Bertz CT molecular complexity index is 610. The summed E-state index contributed by atoms with van der Waals surface area (Å²) in [5.41, 5.74) is 2.68. The number of hydrogen-bond acceptors (Lipinski definition) is 4. The Kier molecular flexibility index (Phi) is 4.99. The van der Waals surface area contributed by atoms with Crippen LogP contribution in [0.25, 0.3) is 0 Å². The fraction of sp³-hybridized carbons (Fsp3) is 0.231. The number of aliphatic hydroxyl groups is 1. The van der Waals surface area contributed by atoms with Gasteiger partial charge in [0.25, 0.3) is 5.91 Å². The van der Waals surface area contributed by atoms with E-state index in [4.69, 9.17) is 23.2 Å². The Hall–Kier alpha value is -1.14. The van der Waals surface area contributed by atoms with E-state index >= 15 is 0 Å². The molecule has 0 fully saturated rings. The van der Waals surface area contributed by atoms with Crippen molar-refractivity contribution >= 4 is 40.4 Å². The number of nitrogens with zero attached hydrogens (tertiary/aromatic N) is 1. The van der Waals surface area contributed by atoms with E-state index in [1.165, 1.54) is 11.3 Å². The molecule has 2 N–H and O–H groups in total. The molecule has 1 atom stereocenters. The predicted molar refractivity (Wildman–Crippen MR) is 80.6 cm³/mol. The van der Waals surface area contributed by atoms with Crippen molar-refractivity contribution in [1.82, 2.24) is 10.3 Å². The lowest BCUT2D eigenvalue weighted by Crippen LogP contribution is -2.28. The van der Waals surface area contributed by atoms with E-state index in [2.05, 4.69) is 10.3 Å². The van der Waals surface area contributed by atoms with Gasteiger partial charge in [0.15, 0.2) is 0 Å². The number of hydrogen-bond donors (Lipinski definition) is 2. The molecular formula is C13H12Cl2N2O2S. The molecule has 20 heavy (non-hydrogen) atoms. The van der Waals surface area contributed by atoms with Gasteiger partial charge in [-0.2, -0.15) is 0 Å². The zero-order valence-corrected chi connectivity index (χ0v) is 12.9. The fourth-order valence-electron chi connectivity index (χ4n) is 1.72. The minimum absolute atomic E-state index is 0.0274. The van der Waals surface area contributed by atoms with Crippen molar-refractivity contribution in [2.75, 3.05) is 6.54 Å². The summed E-state index contributed by atoms with van der Waals surface area (Å²) >= 11 is 13.3. The van der Waals surface area contributed by atoms with Crippen LogP contribution < -0.4 is 5.32 Å². The lowest BCUT2D eigenvalue weighted by atomic mass is 10.1. The maximum Gasteiger partial charge on any atom is 0.263 e. The molecule has 106 valence electrons. The second-order valence-electron chi connectivity index (χ2n) is 4.13. The van der Waals surface area contributed by atoms with Gasteiger partial charge in [-0.3, -0.25) is 4.79 Å². The van der Waals surface area contributed by atoms with Gasteiger partial charge in [0.05, 0.1) is 17.3 Å². The van der Waals surface area contributed by atoms with Crippen LogP contribution in [0, 0.1) is 6.92 Å². The first-order chi connectivity index (χ1) is 9.50. The molecule has 0 aliphatic rings. The first kappa shape index (κ1) is 15.3. The van der Waals surface area contributed by atoms with Crippen molar-refractivity contribution in [2.24, 2.45) is 0 Å². The van der Waals surface area contributed by atoms with Gasteiger partial charge in [-0.25, -0.2) is 4.98 Å². The molecule has 1 heterocycles. The van der Waals surface area contributed by atoms with Gasteiger partial charge in [0, 0.05) is 22.2 Å². The van der Waals surface area contributed by atoms with Crippen LogP contribution in [0.4, 0.5) is 0 Å². The standard InChI is InChI=1S/C13H12Cl2N2O2S/c1-7-12(20-6-17-7)13(19)16-5-10(18)11-8(14)3-2-4-9(11)15/h2-4,6,10,18H,5H2,1H3,(H,16,19). The number of carbonyl (C=O) groups is 1. The molecule has 2 rings (SSSR count). The molecule has 4 nitrogen and oxygen atoms in total. The Morgan fingerprint density at radius 3 is 2.65 bits per heavy atom. The zero-order valence-electron chi connectivity index (χ0n) is 10.6. The highest BCUT2D eigenvalue weighted by atomic mass is 35.5. The number of halogens is 2. The first-order valence-corrected chi connectivity index (χ1v) is 7.44. The fourth-order valence-corrected chi connectivity index (χ4v) is 3.09. The molecule has 1 unspecified atom stereocenters. The van der Waals surface area contributed by atoms with Crippen LogP contribution in [-0.4, -0.2) is 22.5 Å². The summed E-state index contributed by atoms with van der Waals surface area (Å²) in [6.45, 7) is 1.78. The Labute approximate surface area is 130 Å². The summed E-state index contributed by atoms with van der Waals surface area (Å²) in [6.07, 6.45) is -0.964. The lowest BCUT2D eigenvalue weighted by Gasteiger charge is -2.15. The highest BCUT2D eigenvalue weighted by molar-refractivity contribution is 7.11. The van der Waals surface area contributed by atoms with Crippen LogP contribution in [0.1, 0.15) is 27.0 Å². The van der Waals surface area contributed by atoms with Crippen molar-refractivity contribution in [1.29, 1.82) is 0 Å². The van der Waals surface area contributed by atoms with Gasteiger partial charge in [-0.1, -0.05) is 29.3 Å². The monoisotopic (exact) mass is 330 g/mol. The number of aromatic nitrogens is 1. The average Bonchev–Trinajstić information content (AvgIpc) is 2.82. The molecule has 0 aliphatic carbocycles. The van der Waals surface area contributed by atoms with Gasteiger partial charge in [-0.05, 0) is 19.1 Å². The number of nitrogens with one attached hydrogen (secondary N) is 1. The van der Waals surface area contributed by atoms with Crippen LogP contribution in [-0.2, 0) is 0 Å². The molecule has 7 heteroatoms. The zero-order chi connectivity index (χ0) is 14.7. The molecule has 1 aromatic carbocycles. The normalized spacial score (nSPS) is 12.2. The quantitative estimate of drug-likeness (QED) is 0.904. The summed E-state index contributed by atoms with van der Waals surface area (Å²) < 4.78 is 0. The largest absolute Gasteiger partial charge is 0.386 e. The Morgan fingerprint density at radius 2 is 2.10 bits per heavy atom. The Balaban J connectivity index is 2.04. The number of aliphatic hydroxyl groups excluding tert-OH is 1. The van der Waals surface area contributed by atoms with E-state index in [-0.39, 0.29) is 12.5 Å². The van der Waals surface area contributed by atoms with Crippen molar-refractivity contribution in [3.8, 4) is 0 Å². The van der Waals surface area contributed by atoms with E-state index in [9.17, 15) is 9.90 Å². The number of benzene rings is 1. The highest BCUT2D eigenvalue weighted by Crippen LogP contribution is 2.29. The summed E-state index contributed by atoms with van der Waals surface area (Å²) in [5, 5.41) is 13.5. The van der Waals surface area contributed by atoms with Crippen molar-refractivity contribution in [3.05, 3.63) is 49.9 Å². The molecular weight excluding hydrogens is 319 g/mol. The molecule has 1 aromatic heterocycles. The minimum atomic E-state index is -0.964. The average molecular weight is 331 g/mol. The number of thiazole rings is 1. The number of aryl methyl sites for hydroxylation is 1.